The molecule has 0 saturated heterocycles. The van der Waals surface area contributed by atoms with E-state index in [0.29, 0.717) is 12.5 Å². The van der Waals surface area contributed by atoms with Gasteiger partial charge in [-0.25, -0.2) is 4.39 Å². The minimum absolute atomic E-state index is 0.214. The van der Waals surface area contributed by atoms with Gasteiger partial charge >= 0.3 is 0 Å². The molecule has 0 aromatic heterocycles. The highest BCUT2D eigenvalue weighted by atomic mass is 32.2. The number of hydrogen-bond acceptors (Lipinski definition) is 6. The van der Waals surface area contributed by atoms with E-state index in [0.717, 1.165) is 60.6 Å². The number of nitrogens with zero attached hydrogens (tertiary/aromatic N) is 1. The smallest absolute Gasteiger partial charge is 0.134 e. The molecule has 0 spiro atoms. The number of hydrogen-bond donors (Lipinski definition) is 1. The highest BCUT2D eigenvalue weighted by Crippen LogP contribution is 2.47. The highest BCUT2D eigenvalue weighted by Gasteiger charge is 2.43. The number of aliphatic hydroxyl groups excluding tert-OH is 1. The SMILES string of the molecule is CCCCC1CSc2cc(OCC3(C=O)CC3)c(SC)cc2N(c2ccc(F)cc2)C1.CO. The zero-order chi connectivity index (χ0) is 23.8. The molecule has 1 aliphatic carbocycles. The van der Waals surface area contributed by atoms with E-state index in [9.17, 15) is 9.18 Å². The van der Waals surface area contributed by atoms with Crippen LogP contribution in [0.1, 0.15) is 39.0 Å². The Bertz CT molecular complexity index is 918. The fourth-order valence-electron chi connectivity index (χ4n) is 3.96. The van der Waals surface area contributed by atoms with E-state index in [1.165, 1.54) is 36.3 Å². The molecule has 1 saturated carbocycles. The quantitative estimate of drug-likeness (QED) is 0.316. The second-order valence-electron chi connectivity index (χ2n) is 8.65. The van der Waals surface area contributed by atoms with E-state index in [1.807, 2.05) is 23.9 Å². The molecule has 1 aliphatic heterocycles. The first-order valence-corrected chi connectivity index (χ1v) is 13.7. The summed E-state index contributed by atoms with van der Waals surface area (Å²) in [5.41, 5.74) is 1.90. The van der Waals surface area contributed by atoms with Crippen LogP contribution in [0, 0.1) is 17.2 Å². The second-order valence-corrected chi connectivity index (χ2v) is 10.6. The normalized spacial score (nSPS) is 18.5. The van der Waals surface area contributed by atoms with E-state index in [4.69, 9.17) is 9.84 Å². The maximum Gasteiger partial charge on any atom is 0.134 e. The number of carbonyl (C=O) groups excluding carboxylic acids is 1. The van der Waals surface area contributed by atoms with Crippen molar-refractivity contribution in [1.82, 2.24) is 0 Å². The molecule has 0 amide bonds. The molecular weight excluding hydrogens is 457 g/mol. The molecule has 1 N–H and O–H groups in total. The Morgan fingerprint density at radius 1 is 1.27 bits per heavy atom. The first-order valence-electron chi connectivity index (χ1n) is 11.5. The Balaban J connectivity index is 0.00000149. The van der Waals surface area contributed by atoms with Crippen LogP contribution < -0.4 is 9.64 Å². The third-order valence-electron chi connectivity index (χ3n) is 6.21. The number of anilines is 2. The number of aliphatic hydroxyl groups is 1. The summed E-state index contributed by atoms with van der Waals surface area (Å²) in [5.74, 6) is 2.27. The molecule has 180 valence electrons. The summed E-state index contributed by atoms with van der Waals surface area (Å²) >= 11 is 3.54. The van der Waals surface area contributed by atoms with Gasteiger partial charge in [0, 0.05) is 30.0 Å². The molecule has 2 aromatic rings. The van der Waals surface area contributed by atoms with Gasteiger partial charge in [0.2, 0.25) is 0 Å². The van der Waals surface area contributed by atoms with Crippen molar-refractivity contribution >= 4 is 41.2 Å². The Labute approximate surface area is 205 Å². The lowest BCUT2D eigenvalue weighted by atomic mass is 10.0. The highest BCUT2D eigenvalue weighted by molar-refractivity contribution is 7.99. The fourth-order valence-corrected chi connectivity index (χ4v) is 5.70. The van der Waals surface area contributed by atoms with Crippen LogP contribution >= 0.6 is 23.5 Å². The molecule has 1 atom stereocenters. The summed E-state index contributed by atoms with van der Waals surface area (Å²) in [7, 11) is 1.00. The molecule has 0 bridgehead atoms. The molecule has 2 aromatic carbocycles. The van der Waals surface area contributed by atoms with Crippen LogP contribution in [0.5, 0.6) is 5.75 Å². The van der Waals surface area contributed by atoms with Gasteiger partial charge in [-0.3, -0.25) is 0 Å². The van der Waals surface area contributed by atoms with E-state index >= 15 is 0 Å². The zero-order valence-corrected chi connectivity index (χ0v) is 21.3. The molecule has 7 heteroatoms. The van der Waals surface area contributed by atoms with Crippen LogP contribution in [-0.4, -0.2) is 43.7 Å². The Morgan fingerprint density at radius 3 is 2.61 bits per heavy atom. The Morgan fingerprint density at radius 2 is 2.00 bits per heavy atom. The predicted octanol–water partition coefficient (Wildman–Crippen LogP) is 6.56. The molecule has 1 unspecified atom stereocenters. The van der Waals surface area contributed by atoms with Crippen molar-refractivity contribution < 1.29 is 19.0 Å². The number of carbonyl (C=O) groups is 1. The maximum absolute atomic E-state index is 13.6. The third kappa shape index (κ3) is 6.46. The average molecular weight is 492 g/mol. The first-order chi connectivity index (χ1) is 16.1. The minimum atomic E-state index is -0.277. The van der Waals surface area contributed by atoms with Gasteiger partial charge < -0.3 is 19.5 Å². The van der Waals surface area contributed by atoms with E-state index < -0.39 is 0 Å². The maximum atomic E-state index is 13.6. The molecule has 1 fully saturated rings. The molecule has 2 aliphatic rings. The summed E-state index contributed by atoms with van der Waals surface area (Å²) in [4.78, 5) is 16.0. The fraction of sp³-hybridized carbons (Fsp3) is 0.500. The zero-order valence-electron chi connectivity index (χ0n) is 19.7. The number of fused-ring (bicyclic) bond motifs is 1. The van der Waals surface area contributed by atoms with Crippen molar-refractivity contribution in [3.8, 4) is 5.75 Å². The molecular formula is C26H34FNO3S2. The largest absolute Gasteiger partial charge is 0.491 e. The number of aldehydes is 1. The van der Waals surface area contributed by atoms with Crippen LogP contribution in [0.15, 0.2) is 46.2 Å². The summed E-state index contributed by atoms with van der Waals surface area (Å²) in [6, 6.07) is 11.2. The predicted molar refractivity (Wildman–Crippen MR) is 137 cm³/mol. The van der Waals surface area contributed by atoms with Crippen molar-refractivity contribution in [2.24, 2.45) is 11.3 Å². The topological polar surface area (TPSA) is 49.8 Å². The first kappa shape index (κ1) is 25.9. The van der Waals surface area contributed by atoms with Gasteiger partial charge in [-0.1, -0.05) is 19.8 Å². The molecule has 4 nitrogen and oxygen atoms in total. The number of rotatable bonds is 9. The number of halogens is 1. The van der Waals surface area contributed by atoms with Gasteiger partial charge in [-0.2, -0.15) is 0 Å². The van der Waals surface area contributed by atoms with Crippen LogP contribution in [0.4, 0.5) is 15.8 Å². The van der Waals surface area contributed by atoms with Gasteiger partial charge in [0.1, 0.15) is 24.5 Å². The lowest BCUT2D eigenvalue weighted by Gasteiger charge is -2.28. The van der Waals surface area contributed by atoms with Gasteiger partial charge in [0.25, 0.3) is 0 Å². The molecule has 33 heavy (non-hydrogen) atoms. The number of unbranched alkanes of at least 4 members (excludes halogenated alkanes) is 1. The Kier molecular flexibility index (Phi) is 9.53. The monoisotopic (exact) mass is 491 g/mol. The molecule has 1 heterocycles. The summed E-state index contributed by atoms with van der Waals surface area (Å²) in [5, 5.41) is 7.00. The lowest BCUT2D eigenvalue weighted by Crippen LogP contribution is -2.25. The van der Waals surface area contributed by atoms with Crippen molar-refractivity contribution in [1.29, 1.82) is 0 Å². The van der Waals surface area contributed by atoms with Crippen molar-refractivity contribution in [2.75, 3.05) is 37.2 Å². The van der Waals surface area contributed by atoms with E-state index in [1.54, 1.807) is 11.8 Å². The van der Waals surface area contributed by atoms with Gasteiger partial charge in [-0.15, -0.1) is 23.5 Å². The van der Waals surface area contributed by atoms with Gasteiger partial charge in [0.15, 0.2) is 0 Å². The Hall–Kier alpha value is -1.70. The average Bonchev–Trinajstić information content (AvgIpc) is 3.66. The van der Waals surface area contributed by atoms with Gasteiger partial charge in [-0.05, 0) is 67.8 Å². The van der Waals surface area contributed by atoms with E-state index in [-0.39, 0.29) is 11.2 Å². The molecule has 0 radical (unpaired) electrons. The van der Waals surface area contributed by atoms with Crippen molar-refractivity contribution in [2.45, 2.75) is 48.8 Å². The summed E-state index contributed by atoms with van der Waals surface area (Å²) in [6.45, 7) is 3.61. The number of thioether (sulfide) groups is 2. The van der Waals surface area contributed by atoms with Gasteiger partial charge in [0.05, 0.1) is 16.0 Å². The lowest BCUT2D eigenvalue weighted by molar-refractivity contribution is -0.113. The second kappa shape index (κ2) is 12.1. The third-order valence-corrected chi connectivity index (χ3v) is 8.25. The van der Waals surface area contributed by atoms with E-state index in [2.05, 4.69) is 30.2 Å². The van der Waals surface area contributed by atoms with Crippen molar-refractivity contribution in [3.05, 3.63) is 42.2 Å². The minimum Gasteiger partial charge on any atom is -0.491 e. The van der Waals surface area contributed by atoms with Crippen LogP contribution in [0.3, 0.4) is 0 Å². The number of benzene rings is 2. The number of ether oxygens (including phenoxy) is 1. The van der Waals surface area contributed by atoms with Crippen LogP contribution in [0.25, 0.3) is 0 Å². The van der Waals surface area contributed by atoms with Crippen molar-refractivity contribution in [3.63, 3.8) is 0 Å². The standard InChI is InChI=1S/C25H30FNO2S2.CH4O/c1-3-4-5-18-14-27(20-8-6-19(26)7-9-20)21-12-24(30-2)22(13-23(21)31-15-18)29-17-25(16-28)10-11-25;1-2/h6-9,12-13,16,18H,3-5,10-11,14-15,17H2,1-2H3;2H,1H3. The van der Waals surface area contributed by atoms with Crippen LogP contribution in [-0.2, 0) is 4.79 Å². The molecule has 4 rings (SSSR count). The van der Waals surface area contributed by atoms with Crippen LogP contribution in [0.2, 0.25) is 0 Å². The summed E-state index contributed by atoms with van der Waals surface area (Å²) in [6.07, 6.45) is 8.55. The summed E-state index contributed by atoms with van der Waals surface area (Å²) < 4.78 is 19.8.